The van der Waals surface area contributed by atoms with E-state index >= 15 is 0 Å². The van der Waals surface area contributed by atoms with Gasteiger partial charge in [-0.2, -0.15) is 0 Å². The first-order chi connectivity index (χ1) is 25.1. The molecular formula is C40H20Br4CuN2O6. The second kappa shape index (κ2) is 16.3. The van der Waals surface area contributed by atoms with E-state index in [1.54, 1.807) is 48.8 Å². The van der Waals surface area contributed by atoms with Gasteiger partial charge in [-0.3, -0.25) is 9.97 Å². The molecule has 0 aliphatic carbocycles. The van der Waals surface area contributed by atoms with Crippen molar-refractivity contribution in [1.82, 2.24) is 9.97 Å². The summed E-state index contributed by atoms with van der Waals surface area (Å²) in [6.07, 6.45) is 3.26. The molecule has 0 atom stereocenters. The van der Waals surface area contributed by atoms with Crippen molar-refractivity contribution in [3.63, 3.8) is 0 Å². The fraction of sp³-hybridized carbons (Fsp3) is 0. The number of fused-ring (bicyclic) bond motifs is 4. The summed E-state index contributed by atoms with van der Waals surface area (Å²) in [5.41, 5.74) is 1.07. The van der Waals surface area contributed by atoms with E-state index in [0.29, 0.717) is 31.5 Å². The van der Waals surface area contributed by atoms with Crippen LogP contribution in [0.25, 0.3) is 43.4 Å². The molecule has 0 aliphatic rings. The molecule has 13 heteroatoms. The molecule has 1 radical (unpaired) electrons. The third kappa shape index (κ3) is 7.96. The number of nitrogens with zero attached hydrogens (tertiary/aromatic N) is 2. The van der Waals surface area contributed by atoms with Crippen LogP contribution < -0.4 is 19.7 Å². The zero-order chi connectivity index (χ0) is 36.5. The van der Waals surface area contributed by atoms with E-state index in [4.69, 9.17) is 9.47 Å². The van der Waals surface area contributed by atoms with Crippen molar-refractivity contribution >= 4 is 119 Å². The van der Waals surface area contributed by atoms with Crippen molar-refractivity contribution < 1.29 is 46.3 Å². The van der Waals surface area contributed by atoms with Crippen LogP contribution in [0, 0.1) is 0 Å². The zero-order valence-electron chi connectivity index (χ0n) is 26.7. The van der Waals surface area contributed by atoms with Crippen molar-refractivity contribution in [2.45, 2.75) is 0 Å². The Kier molecular flexibility index (Phi) is 11.8. The summed E-state index contributed by atoms with van der Waals surface area (Å²) in [6.45, 7) is 0. The van der Waals surface area contributed by atoms with Gasteiger partial charge in [0.05, 0.1) is 11.1 Å². The van der Waals surface area contributed by atoms with Crippen LogP contribution >= 0.6 is 63.7 Å². The normalized spacial score (nSPS) is 10.8. The molecule has 2 heterocycles. The summed E-state index contributed by atoms with van der Waals surface area (Å²) in [7, 11) is 0. The number of hydrogen-bond acceptors (Lipinski definition) is 8. The SMILES string of the molecule is O=C(Oc1cccc2cccnc12)c1cc2cc(Br)ccc2c(Br)c1[O-].O=C(Oc1cccc2cccnc12)c1cc2cc(Br)ccc2c(Br)c1[O-].[Cu+2]. The van der Waals surface area contributed by atoms with Gasteiger partial charge in [-0.1, -0.05) is 124 Å². The molecule has 6 aromatic carbocycles. The number of rotatable bonds is 4. The number of carbonyl (C=O) groups excluding carboxylic acids is 2. The largest absolute Gasteiger partial charge is 2.00 e. The molecule has 8 nitrogen and oxygen atoms in total. The molecule has 265 valence electrons. The molecular weight excluding hydrogens is 988 g/mol. The molecule has 53 heavy (non-hydrogen) atoms. The number of esters is 2. The van der Waals surface area contributed by atoms with Gasteiger partial charge in [0.15, 0.2) is 11.5 Å². The Morgan fingerprint density at radius 1 is 0.509 bits per heavy atom. The van der Waals surface area contributed by atoms with Crippen molar-refractivity contribution in [2.75, 3.05) is 0 Å². The van der Waals surface area contributed by atoms with E-state index in [9.17, 15) is 19.8 Å². The Bertz CT molecular complexity index is 2530. The summed E-state index contributed by atoms with van der Waals surface area (Å²) in [4.78, 5) is 33.9. The predicted molar refractivity (Wildman–Crippen MR) is 211 cm³/mol. The first-order valence-electron chi connectivity index (χ1n) is 15.4. The van der Waals surface area contributed by atoms with Gasteiger partial charge in [0.1, 0.15) is 11.0 Å². The van der Waals surface area contributed by atoms with Gasteiger partial charge in [-0.05, 0) is 82.2 Å². The van der Waals surface area contributed by atoms with Gasteiger partial charge >= 0.3 is 29.0 Å². The minimum Gasteiger partial charge on any atom is -0.871 e. The van der Waals surface area contributed by atoms with Gasteiger partial charge in [0, 0.05) is 41.1 Å². The van der Waals surface area contributed by atoms with Crippen LogP contribution in [0.4, 0.5) is 0 Å². The fourth-order valence-electron chi connectivity index (χ4n) is 5.56. The van der Waals surface area contributed by atoms with E-state index in [1.807, 2.05) is 72.8 Å². The molecule has 0 spiro atoms. The summed E-state index contributed by atoms with van der Waals surface area (Å²) in [5.74, 6) is -1.60. The van der Waals surface area contributed by atoms with Crippen LogP contribution in [-0.4, -0.2) is 21.9 Å². The van der Waals surface area contributed by atoms with Crippen molar-refractivity contribution in [1.29, 1.82) is 0 Å². The molecule has 0 unspecified atom stereocenters. The molecule has 8 rings (SSSR count). The predicted octanol–water partition coefficient (Wildman–Crippen LogP) is 10.4. The maximum atomic E-state index is 12.7. The standard InChI is InChI=1S/2C20H11Br2NO3.Cu/c2*21-13-6-7-14-12(9-13)10-15(19(24)17(14)22)20(25)26-16-5-1-3-11-4-2-8-23-18(11)16;/h2*1-10,24H;/q;;+2/p-2. The molecule has 0 N–H and O–H groups in total. The second-order valence-corrected chi connectivity index (χ2v) is 14.7. The van der Waals surface area contributed by atoms with E-state index < -0.39 is 23.4 Å². The number of ether oxygens (including phenoxy) is 2. The van der Waals surface area contributed by atoms with Crippen molar-refractivity contribution in [3.8, 4) is 23.0 Å². The fourth-order valence-corrected chi connectivity index (χ4v) is 7.47. The average Bonchev–Trinajstić information content (AvgIpc) is 3.15. The Morgan fingerprint density at radius 2 is 0.906 bits per heavy atom. The number of para-hydroxylation sites is 2. The molecule has 2 aromatic heterocycles. The van der Waals surface area contributed by atoms with Gasteiger partial charge in [-0.15, -0.1) is 0 Å². The number of pyridine rings is 2. The summed E-state index contributed by atoms with van der Waals surface area (Å²) in [5, 5.41) is 29.9. The summed E-state index contributed by atoms with van der Waals surface area (Å²) >= 11 is 13.4. The molecule has 0 bridgehead atoms. The van der Waals surface area contributed by atoms with E-state index in [2.05, 4.69) is 73.7 Å². The van der Waals surface area contributed by atoms with Crippen LogP contribution in [0.2, 0.25) is 0 Å². The smallest absolute Gasteiger partial charge is 0.871 e. The van der Waals surface area contributed by atoms with Crippen LogP contribution in [0.5, 0.6) is 23.0 Å². The maximum Gasteiger partial charge on any atom is 2.00 e. The van der Waals surface area contributed by atoms with Crippen LogP contribution in [0.3, 0.4) is 0 Å². The third-order valence-corrected chi connectivity index (χ3v) is 10.6. The van der Waals surface area contributed by atoms with E-state index in [0.717, 1.165) is 41.3 Å². The molecule has 0 saturated carbocycles. The van der Waals surface area contributed by atoms with Gasteiger partial charge in [-0.25, -0.2) is 9.59 Å². The van der Waals surface area contributed by atoms with Crippen molar-refractivity contribution in [3.05, 3.63) is 151 Å². The number of aromatic nitrogens is 2. The van der Waals surface area contributed by atoms with Gasteiger partial charge < -0.3 is 19.7 Å². The topological polar surface area (TPSA) is 124 Å². The van der Waals surface area contributed by atoms with Crippen molar-refractivity contribution in [2.24, 2.45) is 0 Å². The molecule has 0 amide bonds. The first kappa shape index (κ1) is 38.4. The summed E-state index contributed by atoms with van der Waals surface area (Å²) < 4.78 is 13.4. The molecule has 0 aliphatic heterocycles. The third-order valence-electron chi connectivity index (χ3n) is 8.02. The Labute approximate surface area is 346 Å². The number of hydrogen-bond donors (Lipinski definition) is 0. The van der Waals surface area contributed by atoms with Crippen LogP contribution in [0.1, 0.15) is 20.7 Å². The Hall–Kier alpha value is -4.36. The molecule has 0 saturated heterocycles. The van der Waals surface area contributed by atoms with E-state index in [-0.39, 0.29) is 28.2 Å². The van der Waals surface area contributed by atoms with Crippen LogP contribution in [0.15, 0.2) is 139 Å². The van der Waals surface area contributed by atoms with Crippen LogP contribution in [-0.2, 0) is 17.1 Å². The first-order valence-corrected chi connectivity index (χ1v) is 18.6. The van der Waals surface area contributed by atoms with E-state index in [1.165, 1.54) is 0 Å². The van der Waals surface area contributed by atoms with Gasteiger partial charge in [0.2, 0.25) is 0 Å². The quantitative estimate of drug-likeness (QED) is 0.0970. The summed E-state index contributed by atoms with van der Waals surface area (Å²) in [6, 6.07) is 32.1. The van der Waals surface area contributed by atoms with Gasteiger partial charge in [0.25, 0.3) is 0 Å². The minimum atomic E-state index is -0.712. The molecule has 8 aromatic rings. The maximum absolute atomic E-state index is 12.7. The number of carbonyl (C=O) groups is 2. The Morgan fingerprint density at radius 3 is 1.32 bits per heavy atom. The number of halogens is 4. The monoisotopic (exact) mass is 1000 g/mol. The number of benzene rings is 6. The molecule has 0 fully saturated rings. The second-order valence-electron chi connectivity index (χ2n) is 11.3. The zero-order valence-corrected chi connectivity index (χ0v) is 34.0. The minimum absolute atomic E-state index is 0. The Balaban J connectivity index is 0.000000178. The average molecular weight is 1010 g/mol.